The predicted octanol–water partition coefficient (Wildman–Crippen LogP) is 3.66. The Bertz CT molecular complexity index is 1130. The van der Waals surface area contributed by atoms with E-state index in [9.17, 15) is 9.18 Å². The van der Waals surface area contributed by atoms with E-state index in [2.05, 4.69) is 15.6 Å². The molecule has 33 heavy (non-hydrogen) atoms. The standard InChI is InChI=1S/C26H27FN4O2/c1-33-22-13-19(17-6-8-21(27)9-7-17)12-20(14-22)25(31-24-5-3-11-30-26(24)32)15-23(28)18-4-2-10-29-16-18/h2,4,6-10,12-13,15-16,24,31H,3,5,11,14,28H2,1H3,(H,30,32)/b23-15-,25-20+. The molecular formula is C26H27FN4O2. The average Bonchev–Trinajstić information content (AvgIpc) is 2.85. The number of allylic oxidation sites excluding steroid dienone is 5. The number of amides is 1. The molecule has 1 fully saturated rings. The molecule has 0 saturated carbocycles. The minimum Gasteiger partial charge on any atom is -0.501 e. The number of hydrogen-bond acceptors (Lipinski definition) is 5. The van der Waals surface area contributed by atoms with Crippen LogP contribution in [0, 0.1) is 5.82 Å². The minimum atomic E-state index is -0.362. The molecule has 2 heterocycles. The minimum absolute atomic E-state index is 0.0336. The monoisotopic (exact) mass is 446 g/mol. The van der Waals surface area contributed by atoms with E-state index >= 15 is 0 Å². The van der Waals surface area contributed by atoms with Gasteiger partial charge in [-0.3, -0.25) is 9.78 Å². The molecule has 1 aliphatic carbocycles. The van der Waals surface area contributed by atoms with Crippen molar-refractivity contribution in [2.75, 3.05) is 13.7 Å². The lowest BCUT2D eigenvalue weighted by molar-refractivity contribution is -0.124. The number of methoxy groups -OCH3 is 1. The van der Waals surface area contributed by atoms with Crippen LogP contribution in [0.5, 0.6) is 0 Å². The molecule has 4 N–H and O–H groups in total. The van der Waals surface area contributed by atoms with Crippen LogP contribution in [0.2, 0.25) is 0 Å². The molecule has 1 aromatic heterocycles. The van der Waals surface area contributed by atoms with E-state index < -0.39 is 0 Å². The largest absolute Gasteiger partial charge is 0.501 e. The van der Waals surface area contributed by atoms with Crippen LogP contribution in [0.25, 0.3) is 11.3 Å². The first-order valence-electron chi connectivity index (χ1n) is 10.9. The van der Waals surface area contributed by atoms with Gasteiger partial charge in [0.1, 0.15) is 17.6 Å². The summed E-state index contributed by atoms with van der Waals surface area (Å²) in [5.74, 6) is 0.432. The van der Waals surface area contributed by atoms with Gasteiger partial charge in [0.15, 0.2) is 0 Å². The third-order valence-electron chi connectivity index (χ3n) is 5.71. The molecule has 0 radical (unpaired) electrons. The molecule has 1 saturated heterocycles. The number of nitrogens with zero attached hydrogens (tertiary/aromatic N) is 1. The molecular weight excluding hydrogens is 419 g/mol. The van der Waals surface area contributed by atoms with Crippen molar-refractivity contribution in [3.05, 3.63) is 101 Å². The summed E-state index contributed by atoms with van der Waals surface area (Å²) < 4.78 is 19.1. The molecule has 170 valence electrons. The van der Waals surface area contributed by atoms with Crippen LogP contribution >= 0.6 is 0 Å². The number of benzene rings is 1. The quantitative estimate of drug-likeness (QED) is 0.630. The zero-order valence-corrected chi connectivity index (χ0v) is 18.5. The Morgan fingerprint density at radius 2 is 2.09 bits per heavy atom. The van der Waals surface area contributed by atoms with Crippen LogP contribution in [-0.4, -0.2) is 30.6 Å². The van der Waals surface area contributed by atoms with Crippen LogP contribution < -0.4 is 16.4 Å². The number of hydrogen-bond donors (Lipinski definition) is 3. The molecule has 1 aromatic carbocycles. The van der Waals surface area contributed by atoms with Crippen LogP contribution in [-0.2, 0) is 9.53 Å². The molecule has 4 rings (SSSR count). The maximum Gasteiger partial charge on any atom is 0.242 e. The fourth-order valence-electron chi connectivity index (χ4n) is 3.90. The zero-order valence-electron chi connectivity index (χ0n) is 18.5. The Balaban J connectivity index is 1.79. The van der Waals surface area contributed by atoms with Gasteiger partial charge in [-0.2, -0.15) is 0 Å². The molecule has 0 bridgehead atoms. The van der Waals surface area contributed by atoms with Gasteiger partial charge in [0, 0.05) is 42.3 Å². The Hall–Kier alpha value is -3.87. The SMILES string of the molecule is COC1=CC(c2ccc(F)cc2)=C/C(=C(/C=C(\N)c2cccnc2)NC2CCCNC2=O)C1. The topological polar surface area (TPSA) is 89.3 Å². The number of rotatable bonds is 6. The van der Waals surface area contributed by atoms with E-state index in [4.69, 9.17) is 10.5 Å². The van der Waals surface area contributed by atoms with E-state index in [-0.39, 0.29) is 17.8 Å². The molecule has 1 atom stereocenters. The first kappa shape index (κ1) is 22.3. The molecule has 1 aliphatic heterocycles. The number of piperidine rings is 1. The maximum absolute atomic E-state index is 13.5. The first-order valence-corrected chi connectivity index (χ1v) is 10.9. The van der Waals surface area contributed by atoms with Gasteiger partial charge in [-0.1, -0.05) is 12.1 Å². The van der Waals surface area contributed by atoms with Crippen LogP contribution in [0.4, 0.5) is 4.39 Å². The molecule has 2 aromatic rings. The van der Waals surface area contributed by atoms with Crippen molar-refractivity contribution in [3.8, 4) is 0 Å². The third-order valence-corrected chi connectivity index (χ3v) is 5.71. The van der Waals surface area contributed by atoms with E-state index in [0.717, 1.165) is 46.6 Å². The summed E-state index contributed by atoms with van der Waals surface area (Å²) in [4.78, 5) is 16.6. The lowest BCUT2D eigenvalue weighted by Gasteiger charge is -2.26. The highest BCUT2D eigenvalue weighted by Crippen LogP contribution is 2.31. The molecule has 1 unspecified atom stereocenters. The number of pyridine rings is 1. The van der Waals surface area contributed by atoms with Gasteiger partial charge in [0.2, 0.25) is 5.91 Å². The van der Waals surface area contributed by atoms with Crippen LogP contribution in [0.15, 0.2) is 84.0 Å². The van der Waals surface area contributed by atoms with Crippen molar-refractivity contribution >= 4 is 17.2 Å². The normalized spacial score (nSPS) is 20.4. The highest BCUT2D eigenvalue weighted by atomic mass is 19.1. The number of carbonyl (C=O) groups is 1. The smallest absolute Gasteiger partial charge is 0.242 e. The summed E-state index contributed by atoms with van der Waals surface area (Å²) in [5, 5.41) is 6.32. The predicted molar refractivity (Wildman–Crippen MR) is 127 cm³/mol. The Labute approximate surface area is 192 Å². The van der Waals surface area contributed by atoms with Crippen molar-refractivity contribution in [1.82, 2.24) is 15.6 Å². The second kappa shape index (κ2) is 10.2. The fraction of sp³-hybridized carbons (Fsp3) is 0.231. The van der Waals surface area contributed by atoms with E-state index in [1.165, 1.54) is 12.1 Å². The van der Waals surface area contributed by atoms with Crippen molar-refractivity contribution in [2.45, 2.75) is 25.3 Å². The Morgan fingerprint density at radius 1 is 1.27 bits per heavy atom. The van der Waals surface area contributed by atoms with Crippen molar-refractivity contribution in [1.29, 1.82) is 0 Å². The summed E-state index contributed by atoms with van der Waals surface area (Å²) in [5.41, 5.74) is 11.1. The lowest BCUT2D eigenvalue weighted by Crippen LogP contribution is -2.48. The number of nitrogens with one attached hydrogen (secondary N) is 2. The summed E-state index contributed by atoms with van der Waals surface area (Å²) in [6.07, 6.45) is 11.3. The van der Waals surface area contributed by atoms with Gasteiger partial charge in [-0.15, -0.1) is 0 Å². The maximum atomic E-state index is 13.5. The molecule has 0 spiro atoms. The number of aromatic nitrogens is 1. The number of ether oxygens (including phenoxy) is 1. The number of carbonyl (C=O) groups excluding carboxylic acids is 1. The van der Waals surface area contributed by atoms with E-state index in [1.54, 1.807) is 31.6 Å². The van der Waals surface area contributed by atoms with Gasteiger partial charge in [0.05, 0.1) is 7.11 Å². The fourth-order valence-corrected chi connectivity index (χ4v) is 3.90. The van der Waals surface area contributed by atoms with Gasteiger partial charge in [-0.05, 0) is 72.0 Å². The van der Waals surface area contributed by atoms with Crippen LogP contribution in [0.1, 0.15) is 30.4 Å². The van der Waals surface area contributed by atoms with Crippen molar-refractivity contribution in [3.63, 3.8) is 0 Å². The zero-order chi connectivity index (χ0) is 23.2. The second-order valence-corrected chi connectivity index (χ2v) is 8.01. The van der Waals surface area contributed by atoms with Crippen molar-refractivity contribution < 1.29 is 13.9 Å². The molecule has 7 heteroatoms. The molecule has 6 nitrogen and oxygen atoms in total. The van der Waals surface area contributed by atoms with Crippen LogP contribution in [0.3, 0.4) is 0 Å². The highest BCUT2D eigenvalue weighted by molar-refractivity contribution is 5.83. The summed E-state index contributed by atoms with van der Waals surface area (Å²) in [7, 11) is 1.62. The second-order valence-electron chi connectivity index (χ2n) is 8.01. The highest BCUT2D eigenvalue weighted by Gasteiger charge is 2.24. The Kier molecular flexibility index (Phi) is 6.88. The summed E-state index contributed by atoms with van der Waals surface area (Å²) in [6.45, 7) is 0.682. The average molecular weight is 447 g/mol. The lowest BCUT2D eigenvalue weighted by atomic mass is 9.93. The third kappa shape index (κ3) is 5.49. The van der Waals surface area contributed by atoms with Crippen molar-refractivity contribution in [2.24, 2.45) is 5.73 Å². The molecule has 2 aliphatic rings. The van der Waals surface area contributed by atoms with Gasteiger partial charge >= 0.3 is 0 Å². The van der Waals surface area contributed by atoms with E-state index in [1.807, 2.05) is 30.4 Å². The van der Waals surface area contributed by atoms with Gasteiger partial charge < -0.3 is 21.1 Å². The Morgan fingerprint density at radius 3 is 2.79 bits per heavy atom. The van der Waals surface area contributed by atoms with Gasteiger partial charge in [0.25, 0.3) is 0 Å². The molecule has 1 amide bonds. The number of nitrogens with two attached hydrogens (primary N) is 1. The van der Waals surface area contributed by atoms with E-state index in [0.29, 0.717) is 18.7 Å². The van der Waals surface area contributed by atoms with Gasteiger partial charge in [-0.25, -0.2) is 4.39 Å². The number of halogens is 1. The summed E-state index contributed by atoms with van der Waals surface area (Å²) >= 11 is 0. The summed E-state index contributed by atoms with van der Waals surface area (Å²) in [6, 6.07) is 9.67. The first-order chi connectivity index (χ1) is 16.0.